The van der Waals surface area contributed by atoms with Crippen molar-refractivity contribution in [1.82, 2.24) is 10.2 Å². The number of hydrogen-bond donors (Lipinski definition) is 4. The number of methoxy groups -OCH3 is 1. The van der Waals surface area contributed by atoms with Crippen LogP contribution in [0, 0.1) is 9.49 Å². The summed E-state index contributed by atoms with van der Waals surface area (Å²) < 4.78 is 12.5. The maximum Gasteiger partial charge on any atom is 0.247 e. The van der Waals surface area contributed by atoms with Gasteiger partial charge < -0.3 is 35.0 Å². The zero-order valence-corrected chi connectivity index (χ0v) is 25.2. The van der Waals surface area contributed by atoms with Crippen LogP contribution in [0.3, 0.4) is 0 Å². The third-order valence-electron chi connectivity index (χ3n) is 7.31. The van der Waals surface area contributed by atoms with E-state index in [1.807, 2.05) is 0 Å². The van der Waals surface area contributed by atoms with E-state index < -0.39 is 18.2 Å². The zero-order chi connectivity index (χ0) is 28.4. The second kappa shape index (κ2) is 15.8. The lowest BCUT2D eigenvalue weighted by Crippen LogP contribution is -2.55. The Kier molecular flexibility index (Phi) is 12.8. The van der Waals surface area contributed by atoms with Gasteiger partial charge in [0.25, 0.3) is 0 Å². The minimum Gasteiger partial charge on any atom is -0.493 e. The molecule has 1 aromatic rings. The molecule has 3 unspecified atom stereocenters. The number of rotatable bonds is 16. The Balaban J connectivity index is 1.89. The van der Waals surface area contributed by atoms with E-state index in [1.165, 1.54) is 7.11 Å². The number of ether oxygens (including phenoxy) is 2. The van der Waals surface area contributed by atoms with Gasteiger partial charge in [0.1, 0.15) is 12.2 Å². The average molecular weight is 659 g/mol. The first kappa shape index (κ1) is 31.6. The first-order valence-corrected chi connectivity index (χ1v) is 15.1. The lowest BCUT2D eigenvalue weighted by molar-refractivity contribution is -0.139. The van der Waals surface area contributed by atoms with Gasteiger partial charge in [0, 0.05) is 31.5 Å². The fourth-order valence-electron chi connectivity index (χ4n) is 4.92. The Morgan fingerprint density at radius 3 is 2.54 bits per heavy atom. The Morgan fingerprint density at radius 1 is 1.15 bits per heavy atom. The van der Waals surface area contributed by atoms with Crippen LogP contribution in [0.5, 0.6) is 11.5 Å². The Labute approximate surface area is 245 Å². The standard InChI is InChI=1S/C29H43IN2O7/c1-3-4-5-6-7-8-26(35)32(17-19-9-10-19)23-15-21(29(37)31-11-12-33)16-24(27(23)36)39-28-22(30)13-20(18-34)14-25(28)38-2/h13-14,16,19,23-24,27,33-34,36H,3-12,15,17-18H2,1-2H3,(H,31,37). The first-order valence-electron chi connectivity index (χ1n) is 14.0. The quantitative estimate of drug-likeness (QED) is 0.159. The topological polar surface area (TPSA) is 129 Å². The van der Waals surface area contributed by atoms with Crippen molar-refractivity contribution in [1.29, 1.82) is 0 Å². The lowest BCUT2D eigenvalue weighted by Gasteiger charge is -2.41. The van der Waals surface area contributed by atoms with Gasteiger partial charge in [0.05, 0.1) is 29.9 Å². The number of aliphatic hydroxyl groups excluding tert-OH is 3. The number of unbranched alkanes of at least 4 members (excludes halogenated alkanes) is 4. The van der Waals surface area contributed by atoms with Crippen molar-refractivity contribution in [3.63, 3.8) is 0 Å². The molecule has 0 saturated heterocycles. The first-order chi connectivity index (χ1) is 18.8. The van der Waals surface area contributed by atoms with Crippen LogP contribution in [-0.2, 0) is 16.2 Å². The van der Waals surface area contributed by atoms with Crippen LogP contribution in [0.15, 0.2) is 23.8 Å². The van der Waals surface area contributed by atoms with Gasteiger partial charge in [-0.2, -0.15) is 0 Å². The van der Waals surface area contributed by atoms with Crippen molar-refractivity contribution in [2.45, 2.75) is 89.6 Å². The Hall–Kier alpha value is -1.89. The molecule has 0 bridgehead atoms. The summed E-state index contributed by atoms with van der Waals surface area (Å²) in [4.78, 5) is 28.3. The smallest absolute Gasteiger partial charge is 0.247 e. The van der Waals surface area contributed by atoms with Gasteiger partial charge in [-0.1, -0.05) is 32.6 Å². The molecule has 0 aliphatic heterocycles. The summed E-state index contributed by atoms with van der Waals surface area (Å²) in [5.74, 6) is 0.841. The lowest BCUT2D eigenvalue weighted by atomic mass is 9.87. The molecule has 4 N–H and O–H groups in total. The van der Waals surface area contributed by atoms with E-state index in [2.05, 4.69) is 34.8 Å². The number of nitrogens with zero attached hydrogens (tertiary/aromatic N) is 1. The molecule has 2 aliphatic rings. The van der Waals surface area contributed by atoms with Crippen molar-refractivity contribution < 1.29 is 34.4 Å². The van der Waals surface area contributed by atoms with E-state index in [0.717, 1.165) is 44.9 Å². The molecule has 218 valence electrons. The number of benzene rings is 1. The molecule has 0 heterocycles. The third kappa shape index (κ3) is 9.06. The van der Waals surface area contributed by atoms with E-state index in [4.69, 9.17) is 9.47 Å². The van der Waals surface area contributed by atoms with Crippen LogP contribution >= 0.6 is 22.6 Å². The summed E-state index contributed by atoms with van der Waals surface area (Å²) >= 11 is 2.09. The van der Waals surface area contributed by atoms with Crippen LogP contribution in [0.25, 0.3) is 0 Å². The number of amides is 2. The normalized spacial score (nSPS) is 20.8. The number of halogens is 1. The summed E-state index contributed by atoms with van der Waals surface area (Å²) in [5, 5.41) is 33.1. The zero-order valence-electron chi connectivity index (χ0n) is 23.0. The van der Waals surface area contributed by atoms with Gasteiger partial charge in [-0.25, -0.2) is 0 Å². The van der Waals surface area contributed by atoms with E-state index in [1.54, 1.807) is 23.1 Å². The average Bonchev–Trinajstić information content (AvgIpc) is 3.76. The molecule has 9 nitrogen and oxygen atoms in total. The maximum absolute atomic E-state index is 13.5. The highest BCUT2D eigenvalue weighted by Gasteiger charge is 2.42. The Morgan fingerprint density at radius 2 is 1.90 bits per heavy atom. The molecular weight excluding hydrogens is 615 g/mol. The molecule has 1 fully saturated rings. The minimum absolute atomic E-state index is 0.00215. The molecule has 3 rings (SSSR count). The second-order valence-electron chi connectivity index (χ2n) is 10.4. The maximum atomic E-state index is 13.5. The summed E-state index contributed by atoms with van der Waals surface area (Å²) in [6.45, 7) is 2.46. The van der Waals surface area contributed by atoms with Gasteiger partial charge in [0.15, 0.2) is 11.5 Å². The van der Waals surface area contributed by atoms with Crippen LogP contribution in [0.4, 0.5) is 0 Å². The van der Waals surface area contributed by atoms with Crippen LogP contribution in [0.2, 0.25) is 0 Å². The van der Waals surface area contributed by atoms with Crippen LogP contribution in [0.1, 0.15) is 70.3 Å². The van der Waals surface area contributed by atoms with E-state index in [0.29, 0.717) is 45.1 Å². The Bertz CT molecular complexity index is 998. The molecule has 3 atom stereocenters. The molecule has 1 aromatic carbocycles. The number of hydrogen-bond acceptors (Lipinski definition) is 7. The van der Waals surface area contributed by atoms with Crippen molar-refractivity contribution in [3.8, 4) is 11.5 Å². The van der Waals surface area contributed by atoms with E-state index in [9.17, 15) is 24.9 Å². The van der Waals surface area contributed by atoms with Crippen LogP contribution < -0.4 is 14.8 Å². The van der Waals surface area contributed by atoms with E-state index >= 15 is 0 Å². The second-order valence-corrected chi connectivity index (χ2v) is 11.6. The summed E-state index contributed by atoms with van der Waals surface area (Å²) in [6, 6.07) is 2.81. The van der Waals surface area contributed by atoms with Crippen molar-refractivity contribution >= 4 is 34.4 Å². The number of carbonyl (C=O) groups is 2. The van der Waals surface area contributed by atoms with Crippen molar-refractivity contribution in [2.24, 2.45) is 5.92 Å². The van der Waals surface area contributed by atoms with Crippen molar-refractivity contribution in [3.05, 3.63) is 32.9 Å². The largest absolute Gasteiger partial charge is 0.493 e. The predicted molar refractivity (Wildman–Crippen MR) is 156 cm³/mol. The van der Waals surface area contributed by atoms with Gasteiger partial charge >= 0.3 is 0 Å². The molecule has 0 spiro atoms. The van der Waals surface area contributed by atoms with Crippen molar-refractivity contribution in [2.75, 3.05) is 26.8 Å². The molecule has 2 aliphatic carbocycles. The van der Waals surface area contributed by atoms with Crippen LogP contribution in [-0.4, -0.2) is 77.1 Å². The summed E-state index contributed by atoms with van der Waals surface area (Å²) in [5.41, 5.74) is 1.06. The molecule has 0 radical (unpaired) electrons. The number of aliphatic hydroxyl groups is 3. The number of nitrogens with one attached hydrogen (secondary N) is 1. The highest BCUT2D eigenvalue weighted by atomic mass is 127. The molecule has 10 heteroatoms. The highest BCUT2D eigenvalue weighted by Crippen LogP contribution is 2.38. The van der Waals surface area contributed by atoms with Gasteiger partial charge in [-0.3, -0.25) is 9.59 Å². The van der Waals surface area contributed by atoms with E-state index in [-0.39, 0.29) is 38.0 Å². The van der Waals surface area contributed by atoms with Gasteiger partial charge in [-0.15, -0.1) is 0 Å². The highest BCUT2D eigenvalue weighted by molar-refractivity contribution is 14.1. The molecular formula is C29H43IN2O7. The van der Waals surface area contributed by atoms with Gasteiger partial charge in [0.2, 0.25) is 11.8 Å². The third-order valence-corrected chi connectivity index (χ3v) is 8.11. The fraction of sp³-hybridized carbons (Fsp3) is 0.655. The van der Waals surface area contributed by atoms with Gasteiger partial charge in [-0.05, 0) is 71.5 Å². The predicted octanol–water partition coefficient (Wildman–Crippen LogP) is 3.31. The summed E-state index contributed by atoms with van der Waals surface area (Å²) in [7, 11) is 1.50. The molecule has 39 heavy (non-hydrogen) atoms. The minimum atomic E-state index is -1.07. The molecule has 0 aromatic heterocycles. The monoisotopic (exact) mass is 658 g/mol. The summed E-state index contributed by atoms with van der Waals surface area (Å²) in [6.07, 6.45) is 7.51. The number of carbonyl (C=O) groups excluding carboxylic acids is 2. The fourth-order valence-corrected chi connectivity index (χ4v) is 5.71. The molecule has 1 saturated carbocycles. The molecule has 2 amide bonds. The SMILES string of the molecule is CCCCCCCC(=O)N(CC1CC1)C1CC(C(=O)NCCO)=CC(Oc2c(I)cc(CO)cc2OC)C1O.